The predicted octanol–water partition coefficient (Wildman–Crippen LogP) is -1.19. The fourth-order valence-electron chi connectivity index (χ4n) is 0.752. The first-order valence-corrected chi connectivity index (χ1v) is 4.35. The van der Waals surface area contributed by atoms with Gasteiger partial charge in [-0.2, -0.15) is 0 Å². The molecule has 0 aliphatic rings. The van der Waals surface area contributed by atoms with Crippen LogP contribution in [0.3, 0.4) is 0 Å². The maximum Gasteiger partial charge on any atom is 0.304 e. The Kier molecular flexibility index (Phi) is 7.77. The summed E-state index contributed by atoms with van der Waals surface area (Å²) in [6.45, 7) is 1.38. The summed E-state index contributed by atoms with van der Waals surface area (Å²) in [7, 11) is 1.55. The molecule has 0 unspecified atom stereocenters. The Morgan fingerprint density at radius 3 is 2.64 bits per heavy atom. The number of aliphatic carboxylic acids is 1. The zero-order valence-corrected chi connectivity index (χ0v) is 8.21. The number of carboxylic acids is 1. The minimum atomic E-state index is -0.878. The molecule has 82 valence electrons. The fourth-order valence-corrected chi connectivity index (χ4v) is 0.752. The summed E-state index contributed by atoms with van der Waals surface area (Å²) in [6, 6.07) is 0. The van der Waals surface area contributed by atoms with Crippen molar-refractivity contribution in [1.82, 2.24) is 10.6 Å². The second-order valence-electron chi connectivity index (χ2n) is 2.66. The lowest BCUT2D eigenvalue weighted by Crippen LogP contribution is -2.36. The molecule has 0 heterocycles. The third-order valence-electron chi connectivity index (χ3n) is 1.43. The van der Waals surface area contributed by atoms with Crippen molar-refractivity contribution in [2.75, 3.05) is 33.4 Å². The summed E-state index contributed by atoms with van der Waals surface area (Å²) in [6.07, 6.45) is 0.0192. The van der Waals surface area contributed by atoms with E-state index in [-0.39, 0.29) is 18.9 Å². The first-order chi connectivity index (χ1) is 6.66. The SMILES string of the molecule is COCCNC(=O)CNCCC(=O)O. The van der Waals surface area contributed by atoms with Crippen molar-refractivity contribution in [2.45, 2.75) is 6.42 Å². The van der Waals surface area contributed by atoms with E-state index in [0.29, 0.717) is 19.7 Å². The molecule has 0 aliphatic carbocycles. The maximum absolute atomic E-state index is 11.0. The van der Waals surface area contributed by atoms with E-state index < -0.39 is 5.97 Å². The van der Waals surface area contributed by atoms with E-state index in [4.69, 9.17) is 9.84 Å². The molecule has 0 spiro atoms. The molecule has 0 aromatic rings. The number of nitrogens with one attached hydrogen (secondary N) is 2. The lowest BCUT2D eigenvalue weighted by molar-refractivity contribution is -0.137. The molecule has 0 saturated heterocycles. The highest BCUT2D eigenvalue weighted by molar-refractivity contribution is 5.78. The van der Waals surface area contributed by atoms with E-state index in [0.717, 1.165) is 0 Å². The highest BCUT2D eigenvalue weighted by Gasteiger charge is 2.00. The van der Waals surface area contributed by atoms with Crippen LogP contribution in [0.15, 0.2) is 0 Å². The Morgan fingerprint density at radius 2 is 2.07 bits per heavy atom. The van der Waals surface area contributed by atoms with Gasteiger partial charge in [-0.1, -0.05) is 0 Å². The molecule has 14 heavy (non-hydrogen) atoms. The van der Waals surface area contributed by atoms with Gasteiger partial charge in [-0.05, 0) is 0 Å². The standard InChI is InChI=1S/C8H16N2O4/c1-14-5-4-10-7(11)6-9-3-2-8(12)13/h9H,2-6H2,1H3,(H,10,11)(H,12,13). The Balaban J connectivity index is 3.22. The number of carboxylic acid groups (broad SMARTS) is 1. The average molecular weight is 204 g/mol. The highest BCUT2D eigenvalue weighted by atomic mass is 16.5. The monoisotopic (exact) mass is 204 g/mol. The number of hydrogen-bond acceptors (Lipinski definition) is 4. The molecule has 6 heteroatoms. The third kappa shape index (κ3) is 8.95. The number of amides is 1. The molecule has 0 radical (unpaired) electrons. The second-order valence-corrected chi connectivity index (χ2v) is 2.66. The Morgan fingerprint density at radius 1 is 1.36 bits per heavy atom. The summed E-state index contributed by atoms with van der Waals surface area (Å²) < 4.78 is 4.74. The van der Waals surface area contributed by atoms with Crippen LogP contribution < -0.4 is 10.6 Å². The Labute approximate surface area is 82.6 Å². The minimum Gasteiger partial charge on any atom is -0.481 e. The number of hydrogen-bond donors (Lipinski definition) is 3. The van der Waals surface area contributed by atoms with Crippen molar-refractivity contribution in [2.24, 2.45) is 0 Å². The molecule has 0 bridgehead atoms. The van der Waals surface area contributed by atoms with Crippen LogP contribution in [-0.4, -0.2) is 50.3 Å². The molecule has 0 aromatic carbocycles. The van der Waals surface area contributed by atoms with Crippen molar-refractivity contribution in [3.05, 3.63) is 0 Å². The van der Waals surface area contributed by atoms with Crippen LogP contribution in [0, 0.1) is 0 Å². The Bertz CT molecular complexity index is 184. The van der Waals surface area contributed by atoms with Gasteiger partial charge in [0, 0.05) is 20.2 Å². The molecule has 0 rings (SSSR count). The molecule has 0 aromatic heterocycles. The zero-order valence-electron chi connectivity index (χ0n) is 8.21. The van der Waals surface area contributed by atoms with Crippen LogP contribution >= 0.6 is 0 Å². The van der Waals surface area contributed by atoms with E-state index in [1.54, 1.807) is 7.11 Å². The van der Waals surface area contributed by atoms with Gasteiger partial charge in [0.1, 0.15) is 0 Å². The average Bonchev–Trinajstić information content (AvgIpc) is 2.13. The van der Waals surface area contributed by atoms with E-state index in [1.807, 2.05) is 0 Å². The van der Waals surface area contributed by atoms with Gasteiger partial charge in [0.25, 0.3) is 0 Å². The zero-order chi connectivity index (χ0) is 10.8. The normalized spacial score (nSPS) is 9.79. The van der Waals surface area contributed by atoms with Crippen LogP contribution in [0.2, 0.25) is 0 Å². The third-order valence-corrected chi connectivity index (χ3v) is 1.43. The Hall–Kier alpha value is -1.14. The van der Waals surface area contributed by atoms with Crippen LogP contribution in [-0.2, 0) is 14.3 Å². The summed E-state index contributed by atoms with van der Waals surface area (Å²) in [5.74, 6) is -1.04. The van der Waals surface area contributed by atoms with Crippen molar-refractivity contribution in [3.63, 3.8) is 0 Å². The predicted molar refractivity (Wildman–Crippen MR) is 50.0 cm³/mol. The van der Waals surface area contributed by atoms with Gasteiger partial charge in [-0.25, -0.2) is 0 Å². The lowest BCUT2D eigenvalue weighted by Gasteiger charge is -2.04. The van der Waals surface area contributed by atoms with Gasteiger partial charge in [0.15, 0.2) is 0 Å². The maximum atomic E-state index is 11.0. The van der Waals surface area contributed by atoms with Gasteiger partial charge in [0.05, 0.1) is 19.6 Å². The molecule has 0 saturated carbocycles. The topological polar surface area (TPSA) is 87.7 Å². The van der Waals surface area contributed by atoms with E-state index >= 15 is 0 Å². The minimum absolute atomic E-state index is 0.0192. The molecule has 0 fully saturated rings. The van der Waals surface area contributed by atoms with Crippen molar-refractivity contribution in [1.29, 1.82) is 0 Å². The molecular weight excluding hydrogens is 188 g/mol. The summed E-state index contributed by atoms with van der Waals surface area (Å²) >= 11 is 0. The smallest absolute Gasteiger partial charge is 0.304 e. The quantitative estimate of drug-likeness (QED) is 0.433. The van der Waals surface area contributed by atoms with Gasteiger partial charge in [-0.15, -0.1) is 0 Å². The van der Waals surface area contributed by atoms with Crippen LogP contribution in [0.25, 0.3) is 0 Å². The molecular formula is C8H16N2O4. The fraction of sp³-hybridized carbons (Fsp3) is 0.750. The molecule has 1 amide bonds. The van der Waals surface area contributed by atoms with E-state index in [2.05, 4.69) is 10.6 Å². The van der Waals surface area contributed by atoms with Crippen LogP contribution in [0.1, 0.15) is 6.42 Å². The second kappa shape index (κ2) is 8.46. The first kappa shape index (κ1) is 12.9. The van der Waals surface area contributed by atoms with Gasteiger partial charge in [-0.3, -0.25) is 9.59 Å². The van der Waals surface area contributed by atoms with E-state index in [9.17, 15) is 9.59 Å². The summed E-state index contributed by atoms with van der Waals surface area (Å²) in [5, 5.41) is 13.6. The van der Waals surface area contributed by atoms with Crippen LogP contribution in [0.4, 0.5) is 0 Å². The van der Waals surface area contributed by atoms with Gasteiger partial charge < -0.3 is 20.5 Å². The molecule has 6 nitrogen and oxygen atoms in total. The number of ether oxygens (including phenoxy) is 1. The summed E-state index contributed by atoms with van der Waals surface area (Å²) in [4.78, 5) is 21.1. The van der Waals surface area contributed by atoms with Crippen molar-refractivity contribution in [3.8, 4) is 0 Å². The van der Waals surface area contributed by atoms with Gasteiger partial charge >= 0.3 is 5.97 Å². The number of rotatable bonds is 8. The van der Waals surface area contributed by atoms with Crippen LogP contribution in [0.5, 0.6) is 0 Å². The molecule has 0 atom stereocenters. The van der Waals surface area contributed by atoms with Crippen molar-refractivity contribution >= 4 is 11.9 Å². The number of carbonyl (C=O) groups excluding carboxylic acids is 1. The largest absolute Gasteiger partial charge is 0.481 e. The number of methoxy groups -OCH3 is 1. The van der Waals surface area contributed by atoms with Crippen molar-refractivity contribution < 1.29 is 19.4 Å². The molecule has 3 N–H and O–H groups in total. The first-order valence-electron chi connectivity index (χ1n) is 4.35. The van der Waals surface area contributed by atoms with Gasteiger partial charge in [0.2, 0.25) is 5.91 Å². The number of carbonyl (C=O) groups is 2. The van der Waals surface area contributed by atoms with E-state index in [1.165, 1.54) is 0 Å². The highest BCUT2D eigenvalue weighted by Crippen LogP contribution is 1.74. The molecule has 0 aliphatic heterocycles. The summed E-state index contributed by atoms with van der Waals surface area (Å²) in [5.41, 5.74) is 0. The lowest BCUT2D eigenvalue weighted by atomic mass is 10.4.